The standard InChI is InChI=1S/C58H41NO2/c1-3-43(37-15-5-4-6-16-37)45-27-24-39(31-48(45)44-19-8-7-14-36(44)2)41-26-29-56-50(33-41)52-34-51-49-32-40(25-28-55(49)60-57(51)35-58(52)61-56)38-17-13-18-42(30-38)59-53-22-11-9-20-46(53)47-21-10-12-23-54(47)59/h4-35,43H,3H2,1-2H3. The average Bonchev–Trinajstić information content (AvgIpc) is 3.97. The van der Waals surface area contributed by atoms with Gasteiger partial charge in [0.2, 0.25) is 0 Å². The van der Waals surface area contributed by atoms with Gasteiger partial charge < -0.3 is 13.4 Å². The number of aryl methyl sites for hydroxylation is 1. The molecule has 3 heterocycles. The number of benzene rings is 9. The number of fused-ring (bicyclic) bond motifs is 9. The SMILES string of the molecule is CCC(c1ccccc1)c1ccc(-c2ccc3oc4cc5oc6ccc(-c7cccc(-n8c9ccccc9c9ccccc98)c7)cc6c5cc4c3c2)cc1-c1ccccc1C. The summed E-state index contributed by atoms with van der Waals surface area (Å²) in [6.07, 6.45) is 1.02. The minimum absolute atomic E-state index is 0.293. The van der Waals surface area contributed by atoms with Gasteiger partial charge in [-0.05, 0) is 124 Å². The van der Waals surface area contributed by atoms with Crippen molar-refractivity contribution < 1.29 is 8.83 Å². The number of hydrogen-bond donors (Lipinski definition) is 0. The van der Waals surface area contributed by atoms with Crippen LogP contribution in [0.4, 0.5) is 0 Å². The van der Waals surface area contributed by atoms with Crippen molar-refractivity contribution >= 4 is 65.7 Å². The summed E-state index contributed by atoms with van der Waals surface area (Å²) in [4.78, 5) is 0. The van der Waals surface area contributed by atoms with Gasteiger partial charge in [0.05, 0.1) is 11.0 Å². The van der Waals surface area contributed by atoms with Crippen LogP contribution in [0.5, 0.6) is 0 Å². The van der Waals surface area contributed by atoms with Gasteiger partial charge in [0.15, 0.2) is 0 Å². The Labute approximate surface area is 353 Å². The molecule has 0 saturated heterocycles. The number of furan rings is 2. The van der Waals surface area contributed by atoms with Gasteiger partial charge >= 0.3 is 0 Å². The molecule has 3 heteroatoms. The van der Waals surface area contributed by atoms with Gasteiger partial charge in [0, 0.05) is 50.0 Å². The van der Waals surface area contributed by atoms with E-state index in [-0.39, 0.29) is 0 Å². The zero-order chi connectivity index (χ0) is 40.6. The first-order valence-corrected chi connectivity index (χ1v) is 21.3. The molecule has 61 heavy (non-hydrogen) atoms. The predicted octanol–water partition coefficient (Wildman–Crippen LogP) is 16.4. The Morgan fingerprint density at radius 3 is 1.62 bits per heavy atom. The summed E-state index contributed by atoms with van der Waals surface area (Å²) in [7, 11) is 0. The van der Waals surface area contributed by atoms with Crippen LogP contribution in [0.15, 0.2) is 203 Å². The monoisotopic (exact) mass is 783 g/mol. The van der Waals surface area contributed by atoms with Crippen molar-refractivity contribution in [3.8, 4) is 39.1 Å². The van der Waals surface area contributed by atoms with Crippen molar-refractivity contribution in [3.05, 3.63) is 211 Å². The maximum Gasteiger partial charge on any atom is 0.139 e. The van der Waals surface area contributed by atoms with Crippen LogP contribution in [0.1, 0.15) is 36.0 Å². The summed E-state index contributed by atoms with van der Waals surface area (Å²) >= 11 is 0. The molecule has 1 atom stereocenters. The van der Waals surface area contributed by atoms with Crippen LogP contribution in [0, 0.1) is 6.92 Å². The number of aromatic nitrogens is 1. The van der Waals surface area contributed by atoms with E-state index in [0.717, 1.165) is 72.7 Å². The first kappa shape index (κ1) is 35.3. The molecule has 0 saturated carbocycles. The van der Waals surface area contributed by atoms with E-state index in [1.54, 1.807) is 0 Å². The van der Waals surface area contributed by atoms with Crippen molar-refractivity contribution in [3.63, 3.8) is 0 Å². The topological polar surface area (TPSA) is 31.2 Å². The van der Waals surface area contributed by atoms with E-state index >= 15 is 0 Å². The number of rotatable bonds is 7. The van der Waals surface area contributed by atoms with E-state index in [1.807, 2.05) is 0 Å². The molecule has 0 bridgehead atoms. The fourth-order valence-corrected chi connectivity index (χ4v) is 9.90. The summed E-state index contributed by atoms with van der Waals surface area (Å²) in [6.45, 7) is 4.50. The molecule has 0 radical (unpaired) electrons. The molecule has 0 aliphatic carbocycles. The lowest BCUT2D eigenvalue weighted by Gasteiger charge is -2.22. The van der Waals surface area contributed by atoms with Gasteiger partial charge in [-0.2, -0.15) is 0 Å². The van der Waals surface area contributed by atoms with Crippen molar-refractivity contribution in [2.45, 2.75) is 26.2 Å². The van der Waals surface area contributed by atoms with Gasteiger partial charge in [0.1, 0.15) is 22.3 Å². The second kappa shape index (κ2) is 14.0. The van der Waals surface area contributed by atoms with Crippen molar-refractivity contribution in [2.75, 3.05) is 0 Å². The summed E-state index contributed by atoms with van der Waals surface area (Å²) in [5, 5.41) is 6.86. The Morgan fingerprint density at radius 1 is 0.410 bits per heavy atom. The van der Waals surface area contributed by atoms with Gasteiger partial charge in [-0.1, -0.05) is 134 Å². The third-order valence-electron chi connectivity index (χ3n) is 12.9. The number of para-hydroxylation sites is 2. The van der Waals surface area contributed by atoms with Gasteiger partial charge in [0.25, 0.3) is 0 Å². The van der Waals surface area contributed by atoms with E-state index in [4.69, 9.17) is 8.83 Å². The molecule has 9 aromatic carbocycles. The maximum absolute atomic E-state index is 6.51. The van der Waals surface area contributed by atoms with Crippen LogP contribution in [-0.4, -0.2) is 4.57 Å². The first-order chi connectivity index (χ1) is 30.1. The number of nitrogens with zero attached hydrogens (tertiary/aromatic N) is 1. The third kappa shape index (κ3) is 5.73. The quantitative estimate of drug-likeness (QED) is 0.161. The van der Waals surface area contributed by atoms with Gasteiger partial charge in [-0.25, -0.2) is 0 Å². The maximum atomic E-state index is 6.51. The molecular weight excluding hydrogens is 743 g/mol. The molecule has 0 N–H and O–H groups in total. The van der Waals surface area contributed by atoms with Crippen LogP contribution in [0.3, 0.4) is 0 Å². The minimum Gasteiger partial charge on any atom is -0.456 e. The first-order valence-electron chi connectivity index (χ1n) is 21.3. The van der Waals surface area contributed by atoms with E-state index in [0.29, 0.717) is 5.92 Å². The lowest BCUT2D eigenvalue weighted by molar-refractivity contribution is 0.656. The molecular formula is C58H41NO2. The van der Waals surface area contributed by atoms with Gasteiger partial charge in [-0.15, -0.1) is 0 Å². The lowest BCUT2D eigenvalue weighted by Crippen LogP contribution is -2.03. The van der Waals surface area contributed by atoms with Crippen molar-refractivity contribution in [1.29, 1.82) is 0 Å². The normalized spacial score (nSPS) is 12.4. The molecule has 12 rings (SSSR count). The van der Waals surface area contributed by atoms with E-state index in [2.05, 4.69) is 213 Å². The largest absolute Gasteiger partial charge is 0.456 e. The van der Waals surface area contributed by atoms with Crippen LogP contribution >= 0.6 is 0 Å². The van der Waals surface area contributed by atoms with Crippen LogP contribution in [0.25, 0.3) is 105 Å². The lowest BCUT2D eigenvalue weighted by atomic mass is 9.82. The highest BCUT2D eigenvalue weighted by molar-refractivity contribution is 6.16. The van der Waals surface area contributed by atoms with Crippen LogP contribution in [0.2, 0.25) is 0 Å². The molecule has 3 nitrogen and oxygen atoms in total. The second-order valence-electron chi connectivity index (χ2n) is 16.4. The molecule has 3 aromatic heterocycles. The minimum atomic E-state index is 0.293. The molecule has 0 aliphatic rings. The van der Waals surface area contributed by atoms with E-state index in [9.17, 15) is 0 Å². The summed E-state index contributed by atoms with van der Waals surface area (Å²) < 4.78 is 15.4. The Morgan fingerprint density at radius 2 is 0.967 bits per heavy atom. The Bertz CT molecular complexity index is 3600. The van der Waals surface area contributed by atoms with Crippen LogP contribution < -0.4 is 0 Å². The molecule has 12 aromatic rings. The fourth-order valence-electron chi connectivity index (χ4n) is 9.90. The van der Waals surface area contributed by atoms with E-state index < -0.39 is 0 Å². The summed E-state index contributed by atoms with van der Waals surface area (Å²) in [5.41, 5.74) is 18.1. The van der Waals surface area contributed by atoms with Crippen molar-refractivity contribution in [2.24, 2.45) is 0 Å². The summed E-state index contributed by atoms with van der Waals surface area (Å²) in [6, 6.07) is 70.4. The Hall–Kier alpha value is -7.62. The molecule has 1 unspecified atom stereocenters. The second-order valence-corrected chi connectivity index (χ2v) is 16.4. The zero-order valence-corrected chi connectivity index (χ0v) is 34.0. The predicted molar refractivity (Wildman–Crippen MR) is 255 cm³/mol. The molecule has 290 valence electrons. The number of hydrogen-bond acceptors (Lipinski definition) is 2. The van der Waals surface area contributed by atoms with Gasteiger partial charge in [-0.3, -0.25) is 0 Å². The molecule has 0 spiro atoms. The zero-order valence-electron chi connectivity index (χ0n) is 34.0. The highest BCUT2D eigenvalue weighted by Gasteiger charge is 2.20. The summed E-state index contributed by atoms with van der Waals surface area (Å²) in [5.74, 6) is 0.293. The highest BCUT2D eigenvalue weighted by Crippen LogP contribution is 2.42. The third-order valence-corrected chi connectivity index (χ3v) is 12.9. The smallest absolute Gasteiger partial charge is 0.139 e. The molecule has 0 amide bonds. The molecule has 0 aliphatic heterocycles. The fraction of sp³-hybridized carbons (Fsp3) is 0.0690. The van der Waals surface area contributed by atoms with E-state index in [1.165, 1.54) is 55.2 Å². The Kier molecular flexibility index (Phi) is 8.11. The molecule has 0 fully saturated rings. The average molecular weight is 784 g/mol. The van der Waals surface area contributed by atoms with Crippen LogP contribution in [-0.2, 0) is 0 Å². The highest BCUT2D eigenvalue weighted by atomic mass is 16.3. The Balaban J connectivity index is 0.967. The van der Waals surface area contributed by atoms with Crippen molar-refractivity contribution in [1.82, 2.24) is 4.57 Å².